The molecule has 0 heterocycles. The number of carbonyl (C=O) groups is 2. The molecule has 1 unspecified atom stereocenters. The molecule has 0 saturated carbocycles. The van der Waals surface area contributed by atoms with E-state index in [4.69, 9.17) is 9.47 Å². The number of Topliss-reactive ketones (excluding diaryl/α,β-unsaturated/α-hetero) is 1. The van der Waals surface area contributed by atoms with Crippen LogP contribution in [0.2, 0.25) is 0 Å². The van der Waals surface area contributed by atoms with Crippen LogP contribution in [0, 0.1) is 5.92 Å². The zero-order valence-electron chi connectivity index (χ0n) is 12.4. The normalized spacial score (nSPS) is 19.6. The predicted molar refractivity (Wildman–Crippen MR) is 75.1 cm³/mol. The van der Waals surface area contributed by atoms with Crippen LogP contribution < -0.4 is 4.74 Å². The van der Waals surface area contributed by atoms with Gasteiger partial charge in [-0.25, -0.2) is 0 Å². The zero-order valence-corrected chi connectivity index (χ0v) is 12.4. The molecule has 0 N–H and O–H groups in total. The van der Waals surface area contributed by atoms with Crippen LogP contribution in [0.25, 0.3) is 0 Å². The fourth-order valence-electron chi connectivity index (χ4n) is 2.84. The minimum Gasteiger partial charge on any atom is -0.497 e. The van der Waals surface area contributed by atoms with Crippen LogP contribution >= 0.6 is 0 Å². The molecule has 2 rings (SSSR count). The third-order valence-electron chi connectivity index (χ3n) is 4.05. The molecule has 1 aromatic rings. The highest BCUT2D eigenvalue weighted by molar-refractivity contribution is 6.05. The number of rotatable bonds is 4. The van der Waals surface area contributed by atoms with Crippen LogP contribution in [-0.4, -0.2) is 25.5 Å². The standard InChI is InChI=1S/C16H20O4/c1-5-20-14(17)9-13-15(18)11-7-6-10(19-4)8-12(11)16(13,2)3/h6-8,13H,5,9H2,1-4H3. The van der Waals surface area contributed by atoms with Crippen molar-refractivity contribution in [3.05, 3.63) is 29.3 Å². The summed E-state index contributed by atoms with van der Waals surface area (Å²) in [7, 11) is 1.60. The lowest BCUT2D eigenvalue weighted by atomic mass is 9.76. The fraction of sp³-hybridized carbons (Fsp3) is 0.500. The predicted octanol–water partition coefficient (Wildman–Crippen LogP) is 2.74. The molecule has 1 aliphatic carbocycles. The molecule has 0 bridgehead atoms. The summed E-state index contributed by atoms with van der Waals surface area (Å²) >= 11 is 0. The Morgan fingerprint density at radius 3 is 2.65 bits per heavy atom. The smallest absolute Gasteiger partial charge is 0.306 e. The lowest BCUT2D eigenvalue weighted by molar-refractivity contribution is -0.144. The van der Waals surface area contributed by atoms with Gasteiger partial charge < -0.3 is 9.47 Å². The number of esters is 1. The Labute approximate surface area is 119 Å². The molecule has 1 atom stereocenters. The van der Waals surface area contributed by atoms with Gasteiger partial charge in [0.05, 0.1) is 20.1 Å². The highest BCUT2D eigenvalue weighted by atomic mass is 16.5. The number of ether oxygens (including phenoxy) is 2. The topological polar surface area (TPSA) is 52.6 Å². The second kappa shape index (κ2) is 5.27. The maximum absolute atomic E-state index is 12.5. The van der Waals surface area contributed by atoms with Gasteiger partial charge in [0.1, 0.15) is 5.75 Å². The maximum atomic E-state index is 12.5. The minimum atomic E-state index is -0.395. The summed E-state index contributed by atoms with van der Waals surface area (Å²) in [5.41, 5.74) is 1.23. The largest absolute Gasteiger partial charge is 0.497 e. The van der Waals surface area contributed by atoms with E-state index in [-0.39, 0.29) is 24.1 Å². The van der Waals surface area contributed by atoms with Gasteiger partial charge in [0.25, 0.3) is 0 Å². The summed E-state index contributed by atoms with van der Waals surface area (Å²) in [5, 5.41) is 0. The first-order chi connectivity index (χ1) is 9.41. The van der Waals surface area contributed by atoms with Crippen LogP contribution in [-0.2, 0) is 14.9 Å². The lowest BCUT2D eigenvalue weighted by Crippen LogP contribution is -2.30. The molecule has 1 aliphatic rings. The number of hydrogen-bond acceptors (Lipinski definition) is 4. The number of carbonyl (C=O) groups excluding carboxylic acids is 2. The zero-order chi connectivity index (χ0) is 14.9. The second-order valence-corrected chi connectivity index (χ2v) is 5.56. The maximum Gasteiger partial charge on any atom is 0.306 e. The monoisotopic (exact) mass is 276 g/mol. The summed E-state index contributed by atoms with van der Waals surface area (Å²) in [4.78, 5) is 24.2. The Kier molecular flexibility index (Phi) is 3.84. The van der Waals surface area contributed by atoms with Crippen LogP contribution in [0.1, 0.15) is 43.1 Å². The molecule has 0 fully saturated rings. The Morgan fingerprint density at radius 2 is 2.05 bits per heavy atom. The van der Waals surface area contributed by atoms with Crippen molar-refractivity contribution in [3.63, 3.8) is 0 Å². The Hall–Kier alpha value is -1.84. The first-order valence-corrected chi connectivity index (χ1v) is 6.80. The Morgan fingerprint density at radius 1 is 1.35 bits per heavy atom. The highest BCUT2D eigenvalue weighted by Gasteiger charge is 2.46. The van der Waals surface area contributed by atoms with E-state index in [0.717, 1.165) is 11.3 Å². The van der Waals surface area contributed by atoms with E-state index >= 15 is 0 Å². The minimum absolute atomic E-state index is 0.0145. The second-order valence-electron chi connectivity index (χ2n) is 5.56. The fourth-order valence-corrected chi connectivity index (χ4v) is 2.84. The quantitative estimate of drug-likeness (QED) is 0.793. The molecular formula is C16H20O4. The van der Waals surface area contributed by atoms with Crippen molar-refractivity contribution < 1.29 is 19.1 Å². The molecule has 108 valence electrons. The van der Waals surface area contributed by atoms with E-state index in [2.05, 4.69) is 0 Å². The van der Waals surface area contributed by atoms with Gasteiger partial charge in [0.2, 0.25) is 0 Å². The van der Waals surface area contributed by atoms with Gasteiger partial charge >= 0.3 is 5.97 Å². The average Bonchev–Trinajstić information content (AvgIpc) is 2.60. The average molecular weight is 276 g/mol. The molecule has 0 amide bonds. The van der Waals surface area contributed by atoms with Crippen molar-refractivity contribution in [1.82, 2.24) is 0 Å². The molecule has 4 heteroatoms. The summed E-state index contributed by atoms with van der Waals surface area (Å²) in [6, 6.07) is 5.45. The van der Waals surface area contributed by atoms with Gasteiger partial charge in [-0.3, -0.25) is 9.59 Å². The van der Waals surface area contributed by atoms with Crippen molar-refractivity contribution in [3.8, 4) is 5.75 Å². The van der Waals surface area contributed by atoms with E-state index in [1.54, 1.807) is 26.2 Å². The Bertz CT molecular complexity index is 545. The number of benzene rings is 1. The Balaban J connectivity index is 2.35. The molecule has 0 radical (unpaired) electrons. The van der Waals surface area contributed by atoms with Gasteiger partial charge in [-0.05, 0) is 30.7 Å². The van der Waals surface area contributed by atoms with Crippen LogP contribution in [0.5, 0.6) is 5.75 Å². The number of hydrogen-bond donors (Lipinski definition) is 0. The molecule has 0 aromatic heterocycles. The van der Waals surface area contributed by atoms with Crippen molar-refractivity contribution in [1.29, 1.82) is 0 Å². The summed E-state index contributed by atoms with van der Waals surface area (Å²) in [6.45, 7) is 6.07. The highest BCUT2D eigenvalue weighted by Crippen LogP contribution is 2.45. The number of methoxy groups -OCH3 is 1. The van der Waals surface area contributed by atoms with Crippen molar-refractivity contribution in [2.75, 3.05) is 13.7 Å². The SMILES string of the molecule is CCOC(=O)CC1C(=O)c2ccc(OC)cc2C1(C)C. The van der Waals surface area contributed by atoms with Gasteiger partial charge in [-0.1, -0.05) is 13.8 Å². The van der Waals surface area contributed by atoms with Crippen LogP contribution in [0.4, 0.5) is 0 Å². The van der Waals surface area contributed by atoms with Crippen LogP contribution in [0.15, 0.2) is 18.2 Å². The van der Waals surface area contributed by atoms with Crippen molar-refractivity contribution in [2.24, 2.45) is 5.92 Å². The lowest BCUT2D eigenvalue weighted by Gasteiger charge is -2.26. The summed E-state index contributed by atoms with van der Waals surface area (Å²) < 4.78 is 10.2. The number of ketones is 1. The summed E-state index contributed by atoms with van der Waals surface area (Å²) in [5.74, 6) is 0.0458. The molecule has 0 spiro atoms. The van der Waals surface area contributed by atoms with E-state index < -0.39 is 5.41 Å². The van der Waals surface area contributed by atoms with Crippen molar-refractivity contribution in [2.45, 2.75) is 32.6 Å². The van der Waals surface area contributed by atoms with Gasteiger partial charge in [0.15, 0.2) is 5.78 Å². The third kappa shape index (κ3) is 2.30. The molecule has 0 saturated heterocycles. The van der Waals surface area contributed by atoms with Gasteiger partial charge in [0, 0.05) is 16.9 Å². The third-order valence-corrected chi connectivity index (χ3v) is 4.05. The first kappa shape index (κ1) is 14.6. The van der Waals surface area contributed by atoms with E-state index in [1.165, 1.54) is 0 Å². The summed E-state index contributed by atoms with van der Waals surface area (Å²) in [6.07, 6.45) is 0.122. The van der Waals surface area contributed by atoms with Crippen molar-refractivity contribution >= 4 is 11.8 Å². The van der Waals surface area contributed by atoms with E-state index in [9.17, 15) is 9.59 Å². The molecular weight excluding hydrogens is 256 g/mol. The molecule has 1 aromatic carbocycles. The molecule has 20 heavy (non-hydrogen) atoms. The van der Waals surface area contributed by atoms with Gasteiger partial charge in [-0.2, -0.15) is 0 Å². The number of fused-ring (bicyclic) bond motifs is 1. The molecule has 0 aliphatic heterocycles. The van der Waals surface area contributed by atoms with E-state index in [1.807, 2.05) is 19.9 Å². The van der Waals surface area contributed by atoms with E-state index in [0.29, 0.717) is 12.2 Å². The molecule has 4 nitrogen and oxygen atoms in total. The van der Waals surface area contributed by atoms with Gasteiger partial charge in [-0.15, -0.1) is 0 Å². The van der Waals surface area contributed by atoms with Crippen LogP contribution in [0.3, 0.4) is 0 Å². The first-order valence-electron chi connectivity index (χ1n) is 6.80.